The molecule has 4 nitrogen and oxygen atoms in total. The number of aromatic hydroxyl groups is 1. The molecule has 1 aromatic carbocycles. The van der Waals surface area contributed by atoms with Gasteiger partial charge in [-0.1, -0.05) is 6.07 Å². The monoisotopic (exact) mass is 232 g/mol. The number of phenols is 1. The van der Waals surface area contributed by atoms with Crippen LogP contribution in [-0.4, -0.2) is 18.8 Å². The van der Waals surface area contributed by atoms with Gasteiger partial charge in [0.15, 0.2) is 11.5 Å². The van der Waals surface area contributed by atoms with Gasteiger partial charge in [-0.25, -0.2) is 0 Å². The third-order valence-corrected chi connectivity index (χ3v) is 2.97. The fourth-order valence-corrected chi connectivity index (χ4v) is 1.72. The van der Waals surface area contributed by atoms with E-state index in [2.05, 4.69) is 11.4 Å². The summed E-state index contributed by atoms with van der Waals surface area (Å²) in [5, 5.41) is 21.8. The summed E-state index contributed by atoms with van der Waals surface area (Å²) in [5.41, 5.74) is 0.822. The van der Waals surface area contributed by atoms with Crippen molar-refractivity contribution in [3.63, 3.8) is 0 Å². The molecular formula is C13H16N2O2. The van der Waals surface area contributed by atoms with E-state index in [9.17, 15) is 5.11 Å². The maximum atomic E-state index is 9.49. The Hall–Kier alpha value is -1.73. The van der Waals surface area contributed by atoms with Crippen molar-refractivity contribution in [1.29, 1.82) is 5.26 Å². The average molecular weight is 232 g/mol. The van der Waals surface area contributed by atoms with Crippen molar-refractivity contribution in [3.05, 3.63) is 23.8 Å². The molecule has 0 aliphatic heterocycles. The number of nitrogens with one attached hydrogen (secondary N) is 1. The molecule has 1 aromatic rings. The van der Waals surface area contributed by atoms with Crippen LogP contribution in [0, 0.1) is 17.2 Å². The normalized spacial score (nSPS) is 16.2. The largest absolute Gasteiger partial charge is 0.504 e. The van der Waals surface area contributed by atoms with E-state index >= 15 is 0 Å². The molecule has 1 unspecified atom stereocenters. The zero-order valence-electron chi connectivity index (χ0n) is 9.81. The van der Waals surface area contributed by atoms with Crippen LogP contribution in [-0.2, 0) is 0 Å². The van der Waals surface area contributed by atoms with E-state index in [1.54, 1.807) is 18.2 Å². The molecule has 0 bridgehead atoms. The number of hydrogen-bond donors (Lipinski definition) is 2. The van der Waals surface area contributed by atoms with Gasteiger partial charge in [0.25, 0.3) is 0 Å². The average Bonchev–Trinajstić information content (AvgIpc) is 3.15. The molecule has 0 aromatic heterocycles. The van der Waals surface area contributed by atoms with Crippen LogP contribution in [0.1, 0.15) is 24.4 Å². The smallest absolute Gasteiger partial charge is 0.160 e. The fraction of sp³-hybridized carbons (Fsp3) is 0.462. The molecule has 2 N–H and O–H groups in total. The van der Waals surface area contributed by atoms with Crippen LogP contribution in [0.3, 0.4) is 0 Å². The maximum absolute atomic E-state index is 9.49. The topological polar surface area (TPSA) is 65.3 Å². The Morgan fingerprint density at radius 1 is 1.59 bits per heavy atom. The predicted octanol–water partition coefficient (Wildman–Crippen LogP) is 1.97. The lowest BCUT2D eigenvalue weighted by Gasteiger charge is -2.13. The van der Waals surface area contributed by atoms with Gasteiger partial charge in [-0.15, -0.1) is 0 Å². The molecule has 90 valence electrons. The minimum Gasteiger partial charge on any atom is -0.504 e. The maximum Gasteiger partial charge on any atom is 0.160 e. The van der Waals surface area contributed by atoms with Crippen molar-refractivity contribution in [1.82, 2.24) is 5.32 Å². The highest BCUT2D eigenvalue weighted by Crippen LogP contribution is 2.31. The van der Waals surface area contributed by atoms with Crippen molar-refractivity contribution < 1.29 is 9.84 Å². The first-order chi connectivity index (χ1) is 8.24. The number of hydrogen-bond acceptors (Lipinski definition) is 4. The SMILES string of the molecule is COc1cc(C(C#N)NCC2CC2)ccc1O. The summed E-state index contributed by atoms with van der Waals surface area (Å²) in [6.45, 7) is 0.876. The van der Waals surface area contributed by atoms with E-state index in [0.717, 1.165) is 18.0 Å². The predicted molar refractivity (Wildman–Crippen MR) is 63.7 cm³/mol. The van der Waals surface area contributed by atoms with E-state index < -0.39 is 0 Å². The number of methoxy groups -OCH3 is 1. The highest BCUT2D eigenvalue weighted by Gasteiger charge is 2.22. The Labute approximate surface area is 101 Å². The number of nitrogens with zero attached hydrogens (tertiary/aromatic N) is 1. The molecule has 1 fully saturated rings. The Kier molecular flexibility index (Phi) is 3.50. The second kappa shape index (κ2) is 5.07. The van der Waals surface area contributed by atoms with Crippen molar-refractivity contribution in [2.24, 2.45) is 5.92 Å². The molecular weight excluding hydrogens is 216 g/mol. The first-order valence-corrected chi connectivity index (χ1v) is 5.74. The molecule has 1 saturated carbocycles. The fourth-order valence-electron chi connectivity index (χ4n) is 1.72. The summed E-state index contributed by atoms with van der Waals surface area (Å²) in [7, 11) is 1.50. The van der Waals surface area contributed by atoms with Crippen LogP contribution >= 0.6 is 0 Å². The minimum absolute atomic E-state index is 0.0927. The van der Waals surface area contributed by atoms with Gasteiger partial charge in [0.2, 0.25) is 0 Å². The van der Waals surface area contributed by atoms with Crippen molar-refractivity contribution in [2.45, 2.75) is 18.9 Å². The van der Waals surface area contributed by atoms with Crippen molar-refractivity contribution in [2.75, 3.05) is 13.7 Å². The molecule has 0 spiro atoms. The molecule has 0 radical (unpaired) electrons. The van der Waals surface area contributed by atoms with Crippen molar-refractivity contribution in [3.8, 4) is 17.6 Å². The van der Waals surface area contributed by atoms with Gasteiger partial charge in [0.1, 0.15) is 6.04 Å². The molecule has 1 aliphatic carbocycles. The molecule has 4 heteroatoms. The number of phenolic OH excluding ortho intramolecular Hbond substituents is 1. The zero-order chi connectivity index (χ0) is 12.3. The van der Waals surface area contributed by atoms with E-state index in [0.29, 0.717) is 5.75 Å². The van der Waals surface area contributed by atoms with Gasteiger partial charge >= 0.3 is 0 Å². The highest BCUT2D eigenvalue weighted by molar-refractivity contribution is 5.43. The molecule has 17 heavy (non-hydrogen) atoms. The Balaban J connectivity index is 2.09. The van der Waals surface area contributed by atoms with Crippen LogP contribution in [0.4, 0.5) is 0 Å². The second-order valence-corrected chi connectivity index (χ2v) is 4.35. The summed E-state index contributed by atoms with van der Waals surface area (Å²) in [6, 6.07) is 6.87. The second-order valence-electron chi connectivity index (χ2n) is 4.35. The standard InChI is InChI=1S/C13H16N2O2/c1-17-13-6-10(4-5-12(13)16)11(7-14)15-8-9-2-3-9/h4-6,9,11,15-16H,2-3,8H2,1H3. The summed E-state index contributed by atoms with van der Waals surface area (Å²) in [4.78, 5) is 0. The third kappa shape index (κ3) is 2.89. The van der Waals surface area contributed by atoms with E-state index in [4.69, 9.17) is 10.00 Å². The Bertz CT molecular complexity index is 436. The van der Waals surface area contributed by atoms with Crippen LogP contribution < -0.4 is 10.1 Å². The zero-order valence-corrected chi connectivity index (χ0v) is 9.81. The van der Waals surface area contributed by atoms with E-state index in [1.807, 2.05) is 0 Å². The van der Waals surface area contributed by atoms with Crippen molar-refractivity contribution >= 4 is 0 Å². The minimum atomic E-state index is -0.343. The number of ether oxygens (including phenoxy) is 1. The lowest BCUT2D eigenvalue weighted by Crippen LogP contribution is -2.22. The van der Waals surface area contributed by atoms with Gasteiger partial charge in [-0.05, 0) is 43.0 Å². The molecule has 1 aliphatic rings. The van der Waals surface area contributed by atoms with Crippen LogP contribution in [0.5, 0.6) is 11.5 Å². The molecule has 2 rings (SSSR count). The van der Waals surface area contributed by atoms with Gasteiger partial charge < -0.3 is 9.84 Å². The lowest BCUT2D eigenvalue weighted by molar-refractivity contribution is 0.372. The number of rotatable bonds is 5. The van der Waals surface area contributed by atoms with Gasteiger partial charge in [-0.2, -0.15) is 5.26 Å². The summed E-state index contributed by atoms with van der Waals surface area (Å²) < 4.78 is 5.03. The lowest BCUT2D eigenvalue weighted by atomic mass is 10.1. The Morgan fingerprint density at radius 3 is 2.94 bits per heavy atom. The molecule has 0 saturated heterocycles. The first-order valence-electron chi connectivity index (χ1n) is 5.74. The number of benzene rings is 1. The summed E-state index contributed by atoms with van der Waals surface area (Å²) in [6.07, 6.45) is 2.51. The molecule has 0 amide bonds. The van der Waals surface area contributed by atoms with Gasteiger partial charge in [-0.3, -0.25) is 5.32 Å². The van der Waals surface area contributed by atoms with Crippen LogP contribution in [0.25, 0.3) is 0 Å². The van der Waals surface area contributed by atoms with E-state index in [-0.39, 0.29) is 11.8 Å². The van der Waals surface area contributed by atoms with Crippen LogP contribution in [0.2, 0.25) is 0 Å². The van der Waals surface area contributed by atoms with Gasteiger partial charge in [0.05, 0.1) is 13.2 Å². The highest BCUT2D eigenvalue weighted by atomic mass is 16.5. The van der Waals surface area contributed by atoms with Crippen LogP contribution in [0.15, 0.2) is 18.2 Å². The summed E-state index contributed by atoms with van der Waals surface area (Å²) in [5.74, 6) is 1.22. The number of nitriles is 1. The molecule has 0 heterocycles. The molecule has 1 atom stereocenters. The third-order valence-electron chi connectivity index (χ3n) is 2.97. The first kappa shape index (κ1) is 11.7. The van der Waals surface area contributed by atoms with E-state index in [1.165, 1.54) is 20.0 Å². The summed E-state index contributed by atoms with van der Waals surface area (Å²) >= 11 is 0. The van der Waals surface area contributed by atoms with Gasteiger partial charge in [0, 0.05) is 0 Å². The Morgan fingerprint density at radius 2 is 2.35 bits per heavy atom. The quantitative estimate of drug-likeness (QED) is 0.814.